The van der Waals surface area contributed by atoms with E-state index in [1.165, 1.54) is 5.56 Å². The van der Waals surface area contributed by atoms with Crippen LogP contribution in [0.15, 0.2) is 18.2 Å². The fourth-order valence-electron chi connectivity index (χ4n) is 2.36. The summed E-state index contributed by atoms with van der Waals surface area (Å²) >= 11 is 0. The third-order valence-electron chi connectivity index (χ3n) is 3.63. The Balaban J connectivity index is 1.75. The third-order valence-corrected chi connectivity index (χ3v) is 3.63. The normalized spacial score (nSPS) is 17.3. The molecule has 0 atom stereocenters. The molecule has 0 radical (unpaired) electrons. The van der Waals surface area contributed by atoms with Crippen LogP contribution in [0.1, 0.15) is 12.5 Å². The summed E-state index contributed by atoms with van der Waals surface area (Å²) in [6.07, 6.45) is 0.975. The van der Waals surface area contributed by atoms with Crippen LogP contribution < -0.4 is 15.9 Å². The van der Waals surface area contributed by atoms with Crippen LogP contribution in [0.5, 0.6) is 5.75 Å². The molecule has 1 aromatic carbocycles. The lowest BCUT2D eigenvalue weighted by Gasteiger charge is -2.32. The van der Waals surface area contributed by atoms with Crippen LogP contribution in [0.4, 0.5) is 5.69 Å². The zero-order chi connectivity index (χ0) is 14.4. The molecule has 0 spiro atoms. The molecule has 0 saturated carbocycles. The average Bonchev–Trinajstić information content (AvgIpc) is 2.44. The van der Waals surface area contributed by atoms with Gasteiger partial charge in [0.2, 0.25) is 0 Å². The van der Waals surface area contributed by atoms with Gasteiger partial charge in [-0.3, -0.25) is 5.43 Å². The van der Waals surface area contributed by atoms with Gasteiger partial charge < -0.3 is 15.4 Å². The number of hydrazine groups is 1. The predicted octanol–water partition coefficient (Wildman–Crippen LogP) is 0.962. The number of nitrogens with two attached hydrogens (primary N) is 1. The molecular formula is C15H26N4O. The fourth-order valence-corrected chi connectivity index (χ4v) is 2.36. The number of rotatable bonds is 6. The van der Waals surface area contributed by atoms with Crippen LogP contribution >= 0.6 is 0 Å². The Labute approximate surface area is 121 Å². The van der Waals surface area contributed by atoms with Crippen molar-refractivity contribution in [3.8, 4) is 5.75 Å². The summed E-state index contributed by atoms with van der Waals surface area (Å²) in [7, 11) is 2.17. The molecule has 0 amide bonds. The van der Waals surface area contributed by atoms with E-state index >= 15 is 0 Å². The van der Waals surface area contributed by atoms with Crippen molar-refractivity contribution in [3.05, 3.63) is 23.8 Å². The molecule has 20 heavy (non-hydrogen) atoms. The monoisotopic (exact) mass is 278 g/mol. The van der Waals surface area contributed by atoms with Gasteiger partial charge in [0.15, 0.2) is 0 Å². The summed E-state index contributed by atoms with van der Waals surface area (Å²) in [4.78, 5) is 2.35. The lowest BCUT2D eigenvalue weighted by atomic mass is 10.1. The number of hydrogen-bond donors (Lipinski definition) is 2. The minimum atomic E-state index is 0.647. The summed E-state index contributed by atoms with van der Waals surface area (Å²) in [6, 6.07) is 6.06. The van der Waals surface area contributed by atoms with Crippen LogP contribution in [0.2, 0.25) is 0 Å². The Morgan fingerprint density at radius 1 is 1.25 bits per heavy atom. The highest BCUT2D eigenvalue weighted by molar-refractivity contribution is 5.54. The summed E-state index contributed by atoms with van der Waals surface area (Å²) in [5, 5.41) is 2.30. The summed E-state index contributed by atoms with van der Waals surface area (Å²) in [5.41, 5.74) is 11.4. The molecule has 1 aliphatic heterocycles. The number of hydrogen-bond acceptors (Lipinski definition) is 5. The molecule has 0 aromatic heterocycles. The fraction of sp³-hybridized carbons (Fsp3) is 0.600. The van der Waals surface area contributed by atoms with Crippen molar-refractivity contribution in [2.45, 2.75) is 13.3 Å². The van der Waals surface area contributed by atoms with Crippen LogP contribution in [0.3, 0.4) is 0 Å². The Hall–Kier alpha value is -1.30. The maximum Gasteiger partial charge on any atom is 0.142 e. The van der Waals surface area contributed by atoms with Gasteiger partial charge in [0.25, 0.3) is 0 Å². The van der Waals surface area contributed by atoms with E-state index < -0.39 is 0 Å². The predicted molar refractivity (Wildman–Crippen MR) is 82.8 cm³/mol. The SMILES string of the molecule is CCOc1ccc(CCNN2CCN(C)CC2)cc1N. The molecule has 5 heteroatoms. The quantitative estimate of drug-likeness (QED) is 0.759. The zero-order valence-corrected chi connectivity index (χ0v) is 12.6. The van der Waals surface area contributed by atoms with E-state index in [1.807, 2.05) is 19.1 Å². The number of benzene rings is 1. The van der Waals surface area contributed by atoms with Gasteiger partial charge in [-0.1, -0.05) is 6.07 Å². The Kier molecular flexibility index (Phi) is 5.64. The topological polar surface area (TPSA) is 53.8 Å². The Bertz CT molecular complexity index is 416. The van der Waals surface area contributed by atoms with Crippen LogP contribution in [0, 0.1) is 0 Å². The first-order chi connectivity index (χ1) is 9.69. The maximum absolute atomic E-state index is 5.98. The standard InChI is InChI=1S/C15H26N4O/c1-3-20-15-5-4-13(12-14(15)16)6-7-17-19-10-8-18(2)9-11-19/h4-5,12,17H,3,6-11,16H2,1-2H3. The molecule has 5 nitrogen and oxygen atoms in total. The van der Waals surface area contributed by atoms with E-state index in [0.29, 0.717) is 6.61 Å². The molecule has 1 aliphatic rings. The van der Waals surface area contributed by atoms with Crippen LogP contribution in [0.25, 0.3) is 0 Å². The van der Waals surface area contributed by atoms with E-state index in [1.54, 1.807) is 0 Å². The van der Waals surface area contributed by atoms with E-state index in [2.05, 4.69) is 28.4 Å². The van der Waals surface area contributed by atoms with Gasteiger partial charge in [0, 0.05) is 32.7 Å². The third kappa shape index (κ3) is 4.37. The number of anilines is 1. The molecule has 0 aliphatic carbocycles. The van der Waals surface area contributed by atoms with Gasteiger partial charge in [-0.25, -0.2) is 5.01 Å². The molecule has 3 N–H and O–H groups in total. The van der Waals surface area contributed by atoms with E-state index in [9.17, 15) is 0 Å². The highest BCUT2D eigenvalue weighted by atomic mass is 16.5. The summed E-state index contributed by atoms with van der Waals surface area (Å²) in [5.74, 6) is 0.781. The van der Waals surface area contributed by atoms with Gasteiger partial charge in [-0.05, 0) is 38.1 Å². The molecule has 1 fully saturated rings. The van der Waals surface area contributed by atoms with E-state index in [0.717, 1.165) is 50.6 Å². The molecule has 112 valence electrons. The minimum absolute atomic E-state index is 0.647. The van der Waals surface area contributed by atoms with Gasteiger partial charge in [-0.15, -0.1) is 0 Å². The van der Waals surface area contributed by atoms with Crippen molar-refractivity contribution in [2.24, 2.45) is 0 Å². The number of piperazine rings is 1. The Morgan fingerprint density at radius 3 is 2.65 bits per heavy atom. The second kappa shape index (κ2) is 7.47. The molecule has 2 rings (SSSR count). The van der Waals surface area contributed by atoms with E-state index in [-0.39, 0.29) is 0 Å². The number of likely N-dealkylation sites (N-methyl/N-ethyl adjacent to an activating group) is 1. The first-order valence-corrected chi connectivity index (χ1v) is 7.37. The molecule has 1 saturated heterocycles. The maximum atomic E-state index is 5.98. The average molecular weight is 278 g/mol. The molecule has 1 aromatic rings. The Morgan fingerprint density at radius 2 is 2.00 bits per heavy atom. The largest absolute Gasteiger partial charge is 0.492 e. The highest BCUT2D eigenvalue weighted by Gasteiger charge is 2.12. The van der Waals surface area contributed by atoms with Crippen molar-refractivity contribution in [2.75, 3.05) is 52.1 Å². The molecular weight excluding hydrogens is 252 g/mol. The highest BCUT2D eigenvalue weighted by Crippen LogP contribution is 2.22. The van der Waals surface area contributed by atoms with Gasteiger partial charge >= 0.3 is 0 Å². The van der Waals surface area contributed by atoms with Crippen LogP contribution in [-0.2, 0) is 6.42 Å². The summed E-state index contributed by atoms with van der Waals surface area (Å²) in [6.45, 7) is 7.98. The number of ether oxygens (including phenoxy) is 1. The minimum Gasteiger partial charge on any atom is -0.492 e. The van der Waals surface area contributed by atoms with Gasteiger partial charge in [0.05, 0.1) is 12.3 Å². The van der Waals surface area contributed by atoms with Crippen molar-refractivity contribution in [1.82, 2.24) is 15.3 Å². The van der Waals surface area contributed by atoms with Crippen LogP contribution in [-0.4, -0.2) is 56.3 Å². The van der Waals surface area contributed by atoms with Crippen molar-refractivity contribution in [3.63, 3.8) is 0 Å². The first kappa shape index (κ1) is 15.1. The van der Waals surface area contributed by atoms with Gasteiger partial charge in [-0.2, -0.15) is 0 Å². The van der Waals surface area contributed by atoms with E-state index in [4.69, 9.17) is 10.5 Å². The molecule has 0 bridgehead atoms. The smallest absolute Gasteiger partial charge is 0.142 e. The molecule has 0 unspecified atom stereocenters. The summed E-state index contributed by atoms with van der Waals surface area (Å²) < 4.78 is 5.45. The lowest BCUT2D eigenvalue weighted by molar-refractivity contribution is 0.105. The number of nitrogens with one attached hydrogen (secondary N) is 1. The molecule has 1 heterocycles. The van der Waals surface area contributed by atoms with Crippen molar-refractivity contribution < 1.29 is 4.74 Å². The number of nitrogen functional groups attached to an aromatic ring is 1. The zero-order valence-electron chi connectivity index (χ0n) is 12.6. The second-order valence-corrected chi connectivity index (χ2v) is 5.25. The second-order valence-electron chi connectivity index (χ2n) is 5.25. The van der Waals surface area contributed by atoms with Crippen molar-refractivity contribution >= 4 is 5.69 Å². The number of nitrogens with zero attached hydrogens (tertiary/aromatic N) is 2. The van der Waals surface area contributed by atoms with Crippen molar-refractivity contribution in [1.29, 1.82) is 0 Å². The lowest BCUT2D eigenvalue weighted by Crippen LogP contribution is -2.51. The first-order valence-electron chi connectivity index (χ1n) is 7.37. The van der Waals surface area contributed by atoms with Gasteiger partial charge in [0.1, 0.15) is 5.75 Å².